The van der Waals surface area contributed by atoms with Crippen molar-refractivity contribution in [2.45, 2.75) is 25.8 Å². The number of aryl methyl sites for hydroxylation is 2. The summed E-state index contributed by atoms with van der Waals surface area (Å²) in [5.74, 6) is -1.44. The van der Waals surface area contributed by atoms with Gasteiger partial charge in [0.05, 0.1) is 12.5 Å². The third-order valence-corrected chi connectivity index (χ3v) is 6.02. The Balaban J connectivity index is 1.77. The molecule has 9 heteroatoms. The molecular formula is C22H23N3O5S. The van der Waals surface area contributed by atoms with E-state index in [1.165, 1.54) is 46.3 Å². The maximum Gasteiger partial charge on any atom is 0.320 e. The summed E-state index contributed by atoms with van der Waals surface area (Å²) in [4.78, 5) is 37.7. The third-order valence-electron chi connectivity index (χ3n) is 4.82. The van der Waals surface area contributed by atoms with Crippen LogP contribution in [0.4, 0.5) is 10.5 Å². The van der Waals surface area contributed by atoms with E-state index >= 15 is 0 Å². The number of rotatable bonds is 7. The van der Waals surface area contributed by atoms with Crippen molar-refractivity contribution in [2.75, 3.05) is 5.32 Å². The molecule has 0 bridgehead atoms. The lowest BCUT2D eigenvalue weighted by molar-refractivity contribution is -0.137. The Labute approximate surface area is 182 Å². The minimum atomic E-state index is -1.07. The van der Waals surface area contributed by atoms with Gasteiger partial charge in [-0.3, -0.25) is 9.59 Å². The molecule has 2 amide bonds. The second kappa shape index (κ2) is 9.48. The molecule has 0 fully saturated rings. The minimum Gasteiger partial charge on any atom is -0.505 e. The van der Waals surface area contributed by atoms with Crippen LogP contribution in [-0.4, -0.2) is 26.8 Å². The van der Waals surface area contributed by atoms with E-state index in [1.807, 2.05) is 37.3 Å². The number of aromatic nitrogens is 1. The van der Waals surface area contributed by atoms with E-state index in [2.05, 4.69) is 10.6 Å². The summed E-state index contributed by atoms with van der Waals surface area (Å²) < 4.78 is 1.21. The smallest absolute Gasteiger partial charge is 0.320 e. The van der Waals surface area contributed by atoms with Gasteiger partial charge in [0, 0.05) is 29.4 Å². The number of aromatic hydroxyl groups is 1. The first-order valence-electron chi connectivity index (χ1n) is 9.55. The number of amides is 2. The van der Waals surface area contributed by atoms with Crippen LogP contribution < -0.4 is 16.2 Å². The van der Waals surface area contributed by atoms with Crippen molar-refractivity contribution >= 4 is 29.0 Å². The predicted octanol–water partition coefficient (Wildman–Crippen LogP) is 3.39. The van der Waals surface area contributed by atoms with Gasteiger partial charge in [0.2, 0.25) is 0 Å². The van der Waals surface area contributed by atoms with Gasteiger partial charge in [-0.15, -0.1) is 11.3 Å². The summed E-state index contributed by atoms with van der Waals surface area (Å²) in [6.45, 7) is 2.03. The van der Waals surface area contributed by atoms with Crippen LogP contribution in [0.1, 0.15) is 33.3 Å². The van der Waals surface area contributed by atoms with E-state index in [-0.39, 0.29) is 17.9 Å². The monoisotopic (exact) mass is 441 g/mol. The summed E-state index contributed by atoms with van der Waals surface area (Å²) in [5.41, 5.74) is 1.48. The number of nitrogens with zero attached hydrogens (tertiary/aromatic N) is 1. The quantitative estimate of drug-likeness (QED) is 0.448. The van der Waals surface area contributed by atoms with E-state index in [0.29, 0.717) is 11.3 Å². The fourth-order valence-corrected chi connectivity index (χ4v) is 4.20. The van der Waals surface area contributed by atoms with Gasteiger partial charge in [-0.25, -0.2) is 4.79 Å². The predicted molar refractivity (Wildman–Crippen MR) is 119 cm³/mol. The van der Waals surface area contributed by atoms with E-state index < -0.39 is 23.6 Å². The Morgan fingerprint density at radius 3 is 2.61 bits per heavy atom. The molecule has 2 aromatic heterocycles. The highest BCUT2D eigenvalue weighted by Gasteiger charge is 2.21. The van der Waals surface area contributed by atoms with Crippen LogP contribution in [0, 0.1) is 6.92 Å². The zero-order valence-electron chi connectivity index (χ0n) is 17.1. The van der Waals surface area contributed by atoms with Gasteiger partial charge in [0.1, 0.15) is 5.75 Å². The van der Waals surface area contributed by atoms with Crippen LogP contribution in [0.15, 0.2) is 53.5 Å². The Hall–Kier alpha value is -3.59. The van der Waals surface area contributed by atoms with E-state index in [9.17, 15) is 24.6 Å². The summed E-state index contributed by atoms with van der Waals surface area (Å²) in [6, 6.07) is 11.4. The molecule has 0 radical (unpaired) electrons. The molecular weight excluding hydrogens is 418 g/mol. The van der Waals surface area contributed by atoms with Crippen LogP contribution in [0.2, 0.25) is 0 Å². The SMILES string of the molecule is Cc1ccccc1Cc1ccc([C@H](CC(=O)O)NC(=O)Nc2c(O)ccn(C)c2=O)s1. The van der Waals surface area contributed by atoms with Crippen molar-refractivity contribution in [3.05, 3.63) is 79.9 Å². The Morgan fingerprint density at radius 2 is 1.90 bits per heavy atom. The highest BCUT2D eigenvalue weighted by atomic mass is 32.1. The van der Waals surface area contributed by atoms with E-state index in [1.54, 1.807) is 6.07 Å². The maximum atomic E-state index is 12.5. The molecule has 0 unspecified atom stereocenters. The average molecular weight is 442 g/mol. The number of carboxylic acids is 1. The third kappa shape index (κ3) is 5.52. The Bertz CT molecular complexity index is 1170. The number of carbonyl (C=O) groups excluding carboxylic acids is 1. The number of hydrogen-bond acceptors (Lipinski definition) is 5. The lowest BCUT2D eigenvalue weighted by Gasteiger charge is -2.16. The summed E-state index contributed by atoms with van der Waals surface area (Å²) in [7, 11) is 1.49. The molecule has 31 heavy (non-hydrogen) atoms. The van der Waals surface area contributed by atoms with E-state index in [0.717, 1.165) is 4.88 Å². The van der Waals surface area contributed by atoms with Crippen molar-refractivity contribution in [2.24, 2.45) is 7.05 Å². The number of urea groups is 1. The van der Waals surface area contributed by atoms with E-state index in [4.69, 9.17) is 0 Å². The number of carboxylic acid groups (broad SMARTS) is 1. The molecule has 1 atom stereocenters. The number of pyridine rings is 1. The number of anilines is 1. The highest BCUT2D eigenvalue weighted by molar-refractivity contribution is 7.12. The molecule has 0 saturated carbocycles. The molecule has 1 aromatic carbocycles. The zero-order chi connectivity index (χ0) is 22.5. The van der Waals surface area contributed by atoms with Crippen LogP contribution >= 0.6 is 11.3 Å². The average Bonchev–Trinajstić information content (AvgIpc) is 3.18. The number of nitrogens with one attached hydrogen (secondary N) is 2. The van der Waals surface area contributed by atoms with Gasteiger partial charge in [0.15, 0.2) is 5.69 Å². The first-order valence-corrected chi connectivity index (χ1v) is 10.4. The van der Waals surface area contributed by atoms with Crippen molar-refractivity contribution < 1.29 is 19.8 Å². The molecule has 0 aliphatic rings. The molecule has 2 heterocycles. The number of benzene rings is 1. The highest BCUT2D eigenvalue weighted by Crippen LogP contribution is 2.28. The maximum absolute atomic E-state index is 12.5. The molecule has 0 saturated heterocycles. The standard InChI is InChI=1S/C22H23N3O5S/c1-13-5-3-4-6-14(13)11-15-7-8-18(31-15)16(12-19(27)28)23-22(30)24-20-17(26)9-10-25(2)21(20)29/h3-10,16,26H,11-12H2,1-2H3,(H,27,28)(H2,23,24,30)/t16-/m0/s1. The molecule has 162 valence electrons. The lowest BCUT2D eigenvalue weighted by atomic mass is 10.1. The first kappa shape index (κ1) is 22.1. The number of hydrogen-bond donors (Lipinski definition) is 4. The Morgan fingerprint density at radius 1 is 1.16 bits per heavy atom. The van der Waals surface area contributed by atoms with Crippen LogP contribution in [-0.2, 0) is 18.3 Å². The number of carbonyl (C=O) groups is 2. The van der Waals surface area contributed by atoms with Crippen LogP contribution in [0.25, 0.3) is 0 Å². The van der Waals surface area contributed by atoms with Crippen LogP contribution in [0.3, 0.4) is 0 Å². The van der Waals surface area contributed by atoms with Gasteiger partial charge in [-0.2, -0.15) is 0 Å². The summed E-state index contributed by atoms with van der Waals surface area (Å²) in [6.07, 6.45) is 1.75. The fourth-order valence-electron chi connectivity index (χ4n) is 3.12. The number of thiophene rings is 1. The van der Waals surface area contributed by atoms with Gasteiger partial charge < -0.3 is 25.4 Å². The molecule has 0 aliphatic heterocycles. The topological polar surface area (TPSA) is 121 Å². The van der Waals surface area contributed by atoms with Crippen LogP contribution in [0.5, 0.6) is 5.75 Å². The normalized spacial score (nSPS) is 11.7. The van der Waals surface area contributed by atoms with Gasteiger partial charge >= 0.3 is 12.0 Å². The molecule has 0 aliphatic carbocycles. The Kier molecular flexibility index (Phi) is 6.76. The minimum absolute atomic E-state index is 0.275. The van der Waals surface area contributed by atoms with Crippen molar-refractivity contribution in [1.82, 2.24) is 9.88 Å². The second-order valence-electron chi connectivity index (χ2n) is 7.15. The summed E-state index contributed by atoms with van der Waals surface area (Å²) in [5, 5.41) is 24.1. The largest absolute Gasteiger partial charge is 0.505 e. The fraction of sp³-hybridized carbons (Fsp3) is 0.227. The molecule has 3 rings (SSSR count). The number of aliphatic carboxylic acids is 1. The summed E-state index contributed by atoms with van der Waals surface area (Å²) >= 11 is 1.42. The molecule has 0 spiro atoms. The van der Waals surface area contributed by atoms with Gasteiger partial charge in [0.25, 0.3) is 5.56 Å². The van der Waals surface area contributed by atoms with Crippen molar-refractivity contribution in [3.63, 3.8) is 0 Å². The second-order valence-corrected chi connectivity index (χ2v) is 8.35. The molecule has 4 N–H and O–H groups in total. The van der Waals surface area contributed by atoms with Crippen molar-refractivity contribution in [1.29, 1.82) is 0 Å². The van der Waals surface area contributed by atoms with Crippen molar-refractivity contribution in [3.8, 4) is 5.75 Å². The molecule has 3 aromatic rings. The lowest BCUT2D eigenvalue weighted by Crippen LogP contribution is -2.35. The van der Waals surface area contributed by atoms with Gasteiger partial charge in [-0.1, -0.05) is 24.3 Å². The zero-order valence-corrected chi connectivity index (χ0v) is 17.9. The van der Waals surface area contributed by atoms with Gasteiger partial charge in [-0.05, 0) is 36.2 Å². The first-order chi connectivity index (χ1) is 14.7. The molecule has 8 nitrogen and oxygen atoms in total.